The Morgan fingerprint density at radius 3 is 2.56 bits per heavy atom. The molecule has 2 aliphatic heterocycles. The van der Waals surface area contributed by atoms with E-state index in [1.807, 2.05) is 4.90 Å². The summed E-state index contributed by atoms with van der Waals surface area (Å²) in [7, 11) is 0. The minimum atomic E-state index is -4.39. The molecule has 4 rings (SSSR count). The molecule has 0 spiro atoms. The minimum Gasteiger partial charge on any atom is -0.355 e. The molecule has 0 N–H and O–H groups in total. The molecule has 0 amide bonds. The van der Waals surface area contributed by atoms with Crippen LogP contribution in [0.4, 0.5) is 24.8 Å². The van der Waals surface area contributed by atoms with E-state index in [1.165, 1.54) is 12.3 Å². The molecule has 2 unspecified atom stereocenters. The highest BCUT2D eigenvalue weighted by Crippen LogP contribution is 2.36. The van der Waals surface area contributed by atoms with Gasteiger partial charge in [0, 0.05) is 38.2 Å². The summed E-state index contributed by atoms with van der Waals surface area (Å²) in [5, 5.41) is 9.31. The van der Waals surface area contributed by atoms with Crippen molar-refractivity contribution in [1.82, 2.24) is 15.0 Å². The molecule has 27 heavy (non-hydrogen) atoms. The quantitative estimate of drug-likeness (QED) is 0.805. The number of aromatic nitrogens is 3. The maximum Gasteiger partial charge on any atom is 0.417 e. The molecule has 0 aromatic carbocycles. The van der Waals surface area contributed by atoms with Gasteiger partial charge in [-0.05, 0) is 30.9 Å². The molecule has 2 aromatic rings. The first kappa shape index (κ1) is 17.5. The summed E-state index contributed by atoms with van der Waals surface area (Å²) in [6.07, 6.45) is 1.48. The Morgan fingerprint density at radius 2 is 1.85 bits per heavy atom. The number of pyridine rings is 1. The summed E-state index contributed by atoms with van der Waals surface area (Å²) in [6, 6.07) is 4.70. The van der Waals surface area contributed by atoms with E-state index >= 15 is 0 Å². The molecule has 6 nitrogen and oxygen atoms in total. The first-order chi connectivity index (χ1) is 13.0. The van der Waals surface area contributed by atoms with Crippen LogP contribution in [-0.2, 0) is 6.18 Å². The van der Waals surface area contributed by atoms with Crippen molar-refractivity contribution in [2.45, 2.75) is 25.1 Å². The number of anilines is 2. The van der Waals surface area contributed by atoms with E-state index in [-0.39, 0.29) is 6.04 Å². The van der Waals surface area contributed by atoms with E-state index in [1.54, 1.807) is 6.20 Å². The molecule has 140 valence electrons. The molecule has 2 fully saturated rings. The molecule has 2 aromatic heterocycles. The predicted octanol–water partition coefficient (Wildman–Crippen LogP) is 2.87. The second-order valence-electron chi connectivity index (χ2n) is 6.79. The highest BCUT2D eigenvalue weighted by atomic mass is 19.4. The lowest BCUT2D eigenvalue weighted by atomic mass is 9.92. The van der Waals surface area contributed by atoms with Crippen molar-refractivity contribution in [2.75, 3.05) is 29.4 Å². The summed E-state index contributed by atoms with van der Waals surface area (Å²) in [5.74, 6) is 1.58. The van der Waals surface area contributed by atoms with Gasteiger partial charge >= 0.3 is 6.18 Å². The van der Waals surface area contributed by atoms with Crippen molar-refractivity contribution < 1.29 is 13.2 Å². The van der Waals surface area contributed by atoms with Crippen LogP contribution in [0.2, 0.25) is 0 Å². The molecule has 2 aliphatic rings. The molecule has 0 radical (unpaired) electrons. The predicted molar refractivity (Wildman–Crippen MR) is 92.1 cm³/mol. The van der Waals surface area contributed by atoms with E-state index < -0.39 is 11.7 Å². The number of alkyl halides is 3. The van der Waals surface area contributed by atoms with E-state index in [0.717, 1.165) is 38.2 Å². The summed E-state index contributed by atoms with van der Waals surface area (Å²) in [4.78, 5) is 16.6. The topological polar surface area (TPSA) is 68.9 Å². The van der Waals surface area contributed by atoms with Gasteiger partial charge in [0.2, 0.25) is 0 Å². The maximum atomic E-state index is 12.7. The fourth-order valence-corrected chi connectivity index (χ4v) is 3.97. The van der Waals surface area contributed by atoms with Crippen molar-refractivity contribution in [1.29, 1.82) is 5.26 Å². The number of nitriles is 1. The van der Waals surface area contributed by atoms with Gasteiger partial charge in [0.15, 0.2) is 11.5 Å². The number of piperidine rings is 1. The molecular weight excluding hydrogens is 357 g/mol. The second-order valence-corrected chi connectivity index (χ2v) is 6.79. The molecule has 2 saturated heterocycles. The van der Waals surface area contributed by atoms with E-state index in [4.69, 9.17) is 0 Å². The maximum absolute atomic E-state index is 12.7. The SMILES string of the molecule is N#Cc1nccnc1N1CCC2CCN(c3ccc(C(F)(F)F)cn3)CC21. The molecule has 0 saturated carbocycles. The van der Waals surface area contributed by atoms with Crippen LogP contribution < -0.4 is 9.80 Å². The molecule has 2 atom stereocenters. The Labute approximate surface area is 154 Å². The van der Waals surface area contributed by atoms with Gasteiger partial charge in [-0.1, -0.05) is 0 Å². The Hall–Kier alpha value is -2.89. The lowest BCUT2D eigenvalue weighted by Crippen LogP contribution is -2.49. The number of nitrogens with zero attached hydrogens (tertiary/aromatic N) is 6. The third kappa shape index (κ3) is 3.27. The number of rotatable bonds is 2. The van der Waals surface area contributed by atoms with Gasteiger partial charge in [0.25, 0.3) is 0 Å². The van der Waals surface area contributed by atoms with E-state index in [2.05, 4.69) is 25.9 Å². The lowest BCUT2D eigenvalue weighted by molar-refractivity contribution is -0.137. The highest BCUT2D eigenvalue weighted by Gasteiger charge is 2.40. The van der Waals surface area contributed by atoms with E-state index in [0.29, 0.717) is 29.8 Å². The largest absolute Gasteiger partial charge is 0.417 e. The fourth-order valence-electron chi connectivity index (χ4n) is 3.97. The number of fused-ring (bicyclic) bond motifs is 1. The zero-order valence-corrected chi connectivity index (χ0v) is 14.4. The zero-order valence-electron chi connectivity index (χ0n) is 14.4. The smallest absolute Gasteiger partial charge is 0.355 e. The van der Waals surface area contributed by atoms with Crippen LogP contribution in [0, 0.1) is 17.2 Å². The van der Waals surface area contributed by atoms with Gasteiger partial charge in [0.1, 0.15) is 11.9 Å². The Morgan fingerprint density at radius 1 is 1.07 bits per heavy atom. The summed E-state index contributed by atoms with van der Waals surface area (Å²) >= 11 is 0. The van der Waals surface area contributed by atoms with Gasteiger partial charge in [-0.2, -0.15) is 18.4 Å². The van der Waals surface area contributed by atoms with Gasteiger partial charge in [0.05, 0.1) is 11.6 Å². The molecule has 0 aliphatic carbocycles. The Kier molecular flexibility index (Phi) is 4.34. The van der Waals surface area contributed by atoms with Crippen LogP contribution >= 0.6 is 0 Å². The van der Waals surface area contributed by atoms with Crippen molar-refractivity contribution >= 4 is 11.6 Å². The fraction of sp³-hybridized carbons (Fsp3) is 0.444. The van der Waals surface area contributed by atoms with Crippen LogP contribution in [0.3, 0.4) is 0 Å². The number of halogens is 3. The number of hydrogen-bond acceptors (Lipinski definition) is 6. The van der Waals surface area contributed by atoms with Crippen molar-refractivity contribution in [2.24, 2.45) is 5.92 Å². The Balaban J connectivity index is 1.56. The first-order valence-electron chi connectivity index (χ1n) is 8.73. The average molecular weight is 374 g/mol. The molecule has 0 bridgehead atoms. The zero-order chi connectivity index (χ0) is 19.0. The van der Waals surface area contributed by atoms with Crippen molar-refractivity contribution in [3.05, 3.63) is 42.0 Å². The monoisotopic (exact) mass is 374 g/mol. The third-order valence-electron chi connectivity index (χ3n) is 5.32. The summed E-state index contributed by atoms with van der Waals surface area (Å²) in [6.45, 7) is 2.17. The normalized spacial score (nSPS) is 22.4. The summed E-state index contributed by atoms with van der Waals surface area (Å²) < 4.78 is 38.2. The second kappa shape index (κ2) is 6.68. The number of hydrogen-bond donors (Lipinski definition) is 0. The first-order valence-corrected chi connectivity index (χ1v) is 8.73. The van der Waals surface area contributed by atoms with Gasteiger partial charge < -0.3 is 9.80 Å². The minimum absolute atomic E-state index is 0.131. The van der Waals surface area contributed by atoms with Crippen molar-refractivity contribution in [3.63, 3.8) is 0 Å². The summed E-state index contributed by atoms with van der Waals surface area (Å²) in [5.41, 5.74) is -0.454. The molecule has 4 heterocycles. The lowest BCUT2D eigenvalue weighted by Gasteiger charge is -2.39. The van der Waals surface area contributed by atoms with E-state index in [9.17, 15) is 18.4 Å². The third-order valence-corrected chi connectivity index (χ3v) is 5.32. The van der Waals surface area contributed by atoms with Crippen LogP contribution in [-0.4, -0.2) is 40.6 Å². The van der Waals surface area contributed by atoms with Gasteiger partial charge in [-0.3, -0.25) is 0 Å². The van der Waals surface area contributed by atoms with Crippen LogP contribution in [0.25, 0.3) is 0 Å². The van der Waals surface area contributed by atoms with Crippen LogP contribution in [0.15, 0.2) is 30.7 Å². The highest BCUT2D eigenvalue weighted by molar-refractivity contribution is 5.53. The van der Waals surface area contributed by atoms with Gasteiger partial charge in [-0.15, -0.1) is 0 Å². The standard InChI is InChI=1S/C18H17F3N6/c19-18(20,21)13-1-2-16(25-10-13)26-7-3-12-4-8-27(15(12)11-26)17-14(9-22)23-5-6-24-17/h1-2,5-6,10,12,15H,3-4,7-8,11H2. The molecule has 9 heteroatoms. The van der Waals surface area contributed by atoms with Crippen molar-refractivity contribution in [3.8, 4) is 6.07 Å². The average Bonchev–Trinajstić information content (AvgIpc) is 3.10. The molecular formula is C18H17F3N6. The van der Waals surface area contributed by atoms with Gasteiger partial charge in [-0.25, -0.2) is 15.0 Å². The van der Waals surface area contributed by atoms with Crippen LogP contribution in [0.5, 0.6) is 0 Å². The Bertz CT molecular complexity index is 861. The van der Waals surface area contributed by atoms with Crippen LogP contribution in [0.1, 0.15) is 24.1 Å².